The fourth-order valence-corrected chi connectivity index (χ4v) is 3.59. The quantitative estimate of drug-likeness (QED) is 0.582. The van der Waals surface area contributed by atoms with Crippen molar-refractivity contribution >= 4 is 29.1 Å². The smallest absolute Gasteiger partial charge is 0.246 e. The van der Waals surface area contributed by atoms with Gasteiger partial charge in [-0.15, -0.1) is 0 Å². The molecule has 29 heavy (non-hydrogen) atoms. The van der Waals surface area contributed by atoms with E-state index in [1.165, 1.54) is 12.1 Å². The molecule has 1 aliphatic rings. The fourth-order valence-electron chi connectivity index (χ4n) is 3.33. The summed E-state index contributed by atoms with van der Waals surface area (Å²) in [6.07, 6.45) is 1.29. The van der Waals surface area contributed by atoms with Crippen molar-refractivity contribution in [2.45, 2.75) is 6.92 Å². The topological polar surface area (TPSA) is 72.9 Å². The second-order valence-electron chi connectivity index (χ2n) is 6.98. The SMILES string of the molecule is C=CC(=O)N1CCN(C(=O)CNc2cc(-c3cccc(C)c3)c(Cl)cc2O)CC1. The molecule has 0 saturated carbocycles. The van der Waals surface area contributed by atoms with Crippen molar-refractivity contribution in [2.24, 2.45) is 0 Å². The maximum absolute atomic E-state index is 12.5. The first-order valence-electron chi connectivity index (χ1n) is 9.41. The number of carbonyl (C=O) groups excluding carboxylic acids is 2. The summed E-state index contributed by atoms with van der Waals surface area (Å²) in [6.45, 7) is 7.44. The predicted molar refractivity (Wildman–Crippen MR) is 115 cm³/mol. The van der Waals surface area contributed by atoms with Crippen LogP contribution in [0.3, 0.4) is 0 Å². The van der Waals surface area contributed by atoms with Gasteiger partial charge in [0.1, 0.15) is 5.75 Å². The summed E-state index contributed by atoms with van der Waals surface area (Å²) in [6, 6.07) is 11.1. The van der Waals surface area contributed by atoms with Crippen molar-refractivity contribution in [3.8, 4) is 16.9 Å². The Labute approximate surface area is 175 Å². The molecular formula is C22H24ClN3O3. The van der Waals surface area contributed by atoms with Crippen LogP contribution in [0.4, 0.5) is 5.69 Å². The third-order valence-corrected chi connectivity index (χ3v) is 5.28. The van der Waals surface area contributed by atoms with E-state index in [4.69, 9.17) is 11.6 Å². The zero-order valence-corrected chi connectivity index (χ0v) is 17.1. The minimum Gasteiger partial charge on any atom is -0.506 e. The number of aromatic hydroxyl groups is 1. The number of carbonyl (C=O) groups is 2. The van der Waals surface area contributed by atoms with Crippen LogP contribution < -0.4 is 5.32 Å². The summed E-state index contributed by atoms with van der Waals surface area (Å²) in [4.78, 5) is 27.5. The molecule has 2 aromatic rings. The zero-order chi connectivity index (χ0) is 21.0. The maximum Gasteiger partial charge on any atom is 0.246 e. The van der Waals surface area contributed by atoms with E-state index in [0.29, 0.717) is 36.9 Å². The first-order valence-corrected chi connectivity index (χ1v) is 9.79. The number of rotatable bonds is 5. The highest BCUT2D eigenvalue weighted by Crippen LogP contribution is 2.36. The number of aryl methyl sites for hydroxylation is 1. The van der Waals surface area contributed by atoms with Crippen molar-refractivity contribution in [3.63, 3.8) is 0 Å². The van der Waals surface area contributed by atoms with Crippen LogP contribution in [0.1, 0.15) is 5.56 Å². The number of piperazine rings is 1. The Balaban J connectivity index is 1.66. The molecule has 2 N–H and O–H groups in total. The number of nitrogens with one attached hydrogen (secondary N) is 1. The lowest BCUT2D eigenvalue weighted by molar-refractivity contribution is -0.135. The van der Waals surface area contributed by atoms with Crippen LogP contribution in [0.15, 0.2) is 49.1 Å². The number of hydrogen-bond acceptors (Lipinski definition) is 4. The minimum atomic E-state index is -0.120. The first kappa shape index (κ1) is 20.7. The lowest BCUT2D eigenvalue weighted by Gasteiger charge is -2.34. The van der Waals surface area contributed by atoms with Gasteiger partial charge < -0.3 is 20.2 Å². The second kappa shape index (κ2) is 9.01. The van der Waals surface area contributed by atoms with Gasteiger partial charge in [0, 0.05) is 37.8 Å². The fraction of sp³-hybridized carbons (Fsp3) is 0.273. The minimum absolute atomic E-state index is 0.0133. The van der Waals surface area contributed by atoms with Gasteiger partial charge in [0.25, 0.3) is 0 Å². The number of phenols is 1. The first-order chi connectivity index (χ1) is 13.9. The van der Waals surface area contributed by atoms with Gasteiger partial charge in [0.15, 0.2) is 0 Å². The highest BCUT2D eigenvalue weighted by molar-refractivity contribution is 6.33. The van der Waals surface area contributed by atoms with E-state index in [1.54, 1.807) is 15.9 Å². The van der Waals surface area contributed by atoms with E-state index in [1.807, 2.05) is 31.2 Å². The summed E-state index contributed by atoms with van der Waals surface area (Å²) >= 11 is 6.32. The Morgan fingerprint density at radius 2 is 1.86 bits per heavy atom. The summed E-state index contributed by atoms with van der Waals surface area (Å²) < 4.78 is 0. The average Bonchev–Trinajstić information content (AvgIpc) is 2.72. The maximum atomic E-state index is 12.5. The lowest BCUT2D eigenvalue weighted by Crippen LogP contribution is -2.51. The summed E-state index contributed by atoms with van der Waals surface area (Å²) in [7, 11) is 0. The van der Waals surface area contributed by atoms with Crippen molar-refractivity contribution in [1.82, 2.24) is 9.80 Å². The highest BCUT2D eigenvalue weighted by Gasteiger charge is 2.23. The van der Waals surface area contributed by atoms with Crippen molar-refractivity contribution < 1.29 is 14.7 Å². The molecule has 7 heteroatoms. The molecule has 0 radical (unpaired) electrons. The molecule has 1 aliphatic heterocycles. The molecule has 1 heterocycles. The Morgan fingerprint density at radius 1 is 1.17 bits per heavy atom. The second-order valence-corrected chi connectivity index (χ2v) is 7.39. The van der Waals surface area contributed by atoms with E-state index in [0.717, 1.165) is 16.7 Å². The molecule has 0 bridgehead atoms. The van der Waals surface area contributed by atoms with E-state index in [-0.39, 0.29) is 24.1 Å². The van der Waals surface area contributed by atoms with Gasteiger partial charge in [-0.25, -0.2) is 0 Å². The predicted octanol–water partition coefficient (Wildman–Crippen LogP) is 3.29. The molecule has 1 saturated heterocycles. The normalized spacial score (nSPS) is 13.9. The number of halogens is 1. The van der Waals surface area contributed by atoms with E-state index < -0.39 is 0 Å². The Hall–Kier alpha value is -2.99. The Morgan fingerprint density at radius 3 is 2.52 bits per heavy atom. The Kier molecular flexibility index (Phi) is 6.44. The molecule has 0 spiro atoms. The molecule has 2 aromatic carbocycles. The van der Waals surface area contributed by atoms with Crippen LogP contribution in [-0.4, -0.2) is 59.4 Å². The van der Waals surface area contributed by atoms with E-state index in [2.05, 4.69) is 11.9 Å². The third-order valence-electron chi connectivity index (χ3n) is 4.96. The van der Waals surface area contributed by atoms with Gasteiger partial charge in [-0.2, -0.15) is 0 Å². The van der Waals surface area contributed by atoms with Crippen LogP contribution in [0.25, 0.3) is 11.1 Å². The van der Waals surface area contributed by atoms with Crippen molar-refractivity contribution in [1.29, 1.82) is 0 Å². The van der Waals surface area contributed by atoms with E-state index in [9.17, 15) is 14.7 Å². The summed E-state index contributed by atoms with van der Waals surface area (Å²) in [5, 5.41) is 13.7. The third kappa shape index (κ3) is 4.90. The van der Waals surface area contributed by atoms with Crippen LogP contribution in [0.5, 0.6) is 5.75 Å². The molecule has 1 fully saturated rings. The molecule has 0 aliphatic carbocycles. The number of phenolic OH excluding ortho intramolecular Hbond substituents is 1. The number of hydrogen-bond donors (Lipinski definition) is 2. The van der Waals surface area contributed by atoms with Crippen molar-refractivity contribution in [3.05, 3.63) is 59.6 Å². The average molecular weight is 414 g/mol. The van der Waals surface area contributed by atoms with Crippen molar-refractivity contribution in [2.75, 3.05) is 38.0 Å². The zero-order valence-electron chi connectivity index (χ0n) is 16.3. The number of amides is 2. The molecule has 152 valence electrons. The van der Waals surface area contributed by atoms with Crippen LogP contribution >= 0.6 is 11.6 Å². The molecule has 2 amide bonds. The lowest BCUT2D eigenvalue weighted by atomic mass is 10.0. The van der Waals surface area contributed by atoms with Gasteiger partial charge in [-0.05, 0) is 24.6 Å². The molecule has 0 atom stereocenters. The standard InChI is InChI=1S/C22H24ClN3O3/c1-3-21(28)25-7-9-26(10-8-25)22(29)14-24-19-12-17(18(23)13-20(19)27)16-6-4-5-15(2)11-16/h3-6,11-13,24,27H,1,7-10,14H2,2H3. The van der Waals surface area contributed by atoms with E-state index >= 15 is 0 Å². The highest BCUT2D eigenvalue weighted by atomic mass is 35.5. The number of nitrogens with zero attached hydrogens (tertiary/aromatic N) is 2. The van der Waals surface area contributed by atoms with Gasteiger partial charge in [0.2, 0.25) is 11.8 Å². The molecule has 0 aromatic heterocycles. The Bertz CT molecular complexity index is 937. The number of anilines is 1. The van der Waals surface area contributed by atoms with Gasteiger partial charge >= 0.3 is 0 Å². The summed E-state index contributed by atoms with van der Waals surface area (Å²) in [5.41, 5.74) is 3.26. The van der Waals surface area contributed by atoms with Gasteiger partial charge in [0.05, 0.1) is 17.3 Å². The van der Waals surface area contributed by atoms with Crippen LogP contribution in [0.2, 0.25) is 5.02 Å². The molecule has 0 unspecified atom stereocenters. The van der Waals surface area contributed by atoms with Crippen LogP contribution in [-0.2, 0) is 9.59 Å². The number of benzene rings is 2. The summed E-state index contributed by atoms with van der Waals surface area (Å²) in [5.74, 6) is -0.229. The van der Waals surface area contributed by atoms with Gasteiger partial charge in [-0.3, -0.25) is 9.59 Å². The van der Waals surface area contributed by atoms with Crippen LogP contribution in [0, 0.1) is 6.92 Å². The monoisotopic (exact) mass is 413 g/mol. The van der Waals surface area contributed by atoms with Gasteiger partial charge in [-0.1, -0.05) is 48.0 Å². The largest absolute Gasteiger partial charge is 0.506 e. The molecule has 3 rings (SSSR count). The molecule has 6 nitrogen and oxygen atoms in total. The molecular weight excluding hydrogens is 390 g/mol.